The lowest BCUT2D eigenvalue weighted by Crippen LogP contribution is -2.59. The number of aliphatic hydroxyl groups is 4. The van der Waals surface area contributed by atoms with Crippen molar-refractivity contribution in [1.29, 1.82) is 0 Å². The van der Waals surface area contributed by atoms with Crippen LogP contribution < -0.4 is 0 Å². The van der Waals surface area contributed by atoms with Gasteiger partial charge in [0, 0.05) is 13.0 Å². The van der Waals surface area contributed by atoms with E-state index in [-0.39, 0.29) is 25.6 Å². The quantitative estimate of drug-likeness (QED) is 0.0635. The number of hydrogen-bond acceptors (Lipinski definition) is 9. The molecule has 43 heavy (non-hydrogen) atoms. The lowest BCUT2D eigenvalue weighted by Gasteiger charge is -2.39. The topological polar surface area (TPSA) is 135 Å². The monoisotopic (exact) mass is 610 g/mol. The van der Waals surface area contributed by atoms with Crippen LogP contribution in [0.25, 0.3) is 0 Å². The Hall–Kier alpha value is -1.85. The van der Waals surface area contributed by atoms with Crippen molar-refractivity contribution >= 4 is 5.97 Å². The van der Waals surface area contributed by atoms with Crippen molar-refractivity contribution in [1.82, 2.24) is 0 Å². The van der Waals surface area contributed by atoms with Gasteiger partial charge in [0.15, 0.2) is 6.29 Å². The zero-order valence-electron chi connectivity index (χ0n) is 26.4. The number of esters is 1. The first-order chi connectivity index (χ1) is 20.9. The van der Waals surface area contributed by atoms with Gasteiger partial charge in [0.2, 0.25) is 0 Å². The molecule has 0 saturated carbocycles. The van der Waals surface area contributed by atoms with Crippen molar-refractivity contribution in [3.05, 3.63) is 48.6 Å². The summed E-state index contributed by atoms with van der Waals surface area (Å²) in [6.07, 6.45) is 22.5. The van der Waals surface area contributed by atoms with Crippen molar-refractivity contribution in [2.45, 2.75) is 134 Å². The molecule has 0 aromatic heterocycles. The van der Waals surface area contributed by atoms with Crippen LogP contribution in [0.5, 0.6) is 0 Å². The Morgan fingerprint density at radius 3 is 2.05 bits per heavy atom. The van der Waals surface area contributed by atoms with E-state index in [1.54, 1.807) is 0 Å². The Labute approximate surface area is 259 Å². The van der Waals surface area contributed by atoms with Crippen molar-refractivity contribution in [2.75, 3.05) is 26.4 Å². The van der Waals surface area contributed by atoms with Gasteiger partial charge in [0.25, 0.3) is 0 Å². The Morgan fingerprint density at radius 1 is 0.767 bits per heavy atom. The summed E-state index contributed by atoms with van der Waals surface area (Å²) in [5.74, 6) is -0.360. The summed E-state index contributed by atoms with van der Waals surface area (Å²) in [6.45, 7) is 4.11. The average Bonchev–Trinajstić information content (AvgIpc) is 3.01. The Bertz CT molecular complexity index is 793. The average molecular weight is 611 g/mol. The molecule has 1 aliphatic heterocycles. The van der Waals surface area contributed by atoms with Gasteiger partial charge >= 0.3 is 5.97 Å². The zero-order chi connectivity index (χ0) is 31.5. The van der Waals surface area contributed by atoms with Gasteiger partial charge in [-0.1, -0.05) is 88.1 Å². The number of unbranched alkanes of at least 4 members (excludes halogenated alkanes) is 6. The first-order valence-electron chi connectivity index (χ1n) is 16.2. The third kappa shape index (κ3) is 19.2. The van der Waals surface area contributed by atoms with E-state index >= 15 is 0 Å². The molecule has 1 saturated heterocycles. The van der Waals surface area contributed by atoms with Crippen molar-refractivity contribution in [2.24, 2.45) is 0 Å². The normalized spacial score (nSPS) is 23.7. The second-order valence-corrected chi connectivity index (χ2v) is 10.9. The van der Waals surface area contributed by atoms with Crippen molar-refractivity contribution < 1.29 is 44.2 Å². The predicted octanol–water partition coefficient (Wildman–Crippen LogP) is 5.07. The maximum absolute atomic E-state index is 12.2. The standard InChI is InChI=1S/C34H58O9/c1-3-5-7-8-9-10-11-12-13-14-15-16-17-18-19-20-21-22-24-40-26-28(42-30(36)23-6-4-2)27-41-34-33(39)32(38)31(37)29(25-35)43-34/h5,7,9-10,12-13,15-16,28-29,31-35,37-39H,3-4,6,8,11,14,17-27H2,1-2H3/b7-5-,10-9-,13-12-,16-15-. The molecule has 9 heteroatoms. The van der Waals surface area contributed by atoms with E-state index in [9.17, 15) is 25.2 Å². The number of hydrogen-bond donors (Lipinski definition) is 4. The number of rotatable bonds is 25. The zero-order valence-corrected chi connectivity index (χ0v) is 26.4. The highest BCUT2D eigenvalue weighted by Crippen LogP contribution is 2.22. The highest BCUT2D eigenvalue weighted by Gasteiger charge is 2.44. The first kappa shape index (κ1) is 39.2. The fourth-order valence-corrected chi connectivity index (χ4v) is 4.40. The van der Waals surface area contributed by atoms with Crippen LogP contribution >= 0.6 is 0 Å². The molecule has 0 aliphatic carbocycles. The van der Waals surface area contributed by atoms with Gasteiger partial charge in [-0.3, -0.25) is 4.79 Å². The third-order valence-electron chi connectivity index (χ3n) is 7.01. The molecule has 4 N–H and O–H groups in total. The van der Waals surface area contributed by atoms with E-state index in [0.29, 0.717) is 13.0 Å². The molecular formula is C34H58O9. The second kappa shape index (κ2) is 26.5. The van der Waals surface area contributed by atoms with Crippen LogP contribution in [0.4, 0.5) is 0 Å². The van der Waals surface area contributed by atoms with E-state index in [1.165, 1.54) is 12.8 Å². The lowest BCUT2D eigenvalue weighted by molar-refractivity contribution is -0.305. The molecule has 248 valence electrons. The molecule has 1 heterocycles. The van der Waals surface area contributed by atoms with Gasteiger partial charge in [-0.05, 0) is 51.4 Å². The molecule has 9 nitrogen and oxygen atoms in total. The van der Waals surface area contributed by atoms with Gasteiger partial charge in [0.1, 0.15) is 30.5 Å². The summed E-state index contributed by atoms with van der Waals surface area (Å²) in [7, 11) is 0. The molecule has 0 aromatic rings. The maximum Gasteiger partial charge on any atom is 0.306 e. The van der Waals surface area contributed by atoms with E-state index in [2.05, 4.69) is 55.5 Å². The first-order valence-corrected chi connectivity index (χ1v) is 16.2. The summed E-state index contributed by atoms with van der Waals surface area (Å²) >= 11 is 0. The van der Waals surface area contributed by atoms with E-state index in [0.717, 1.165) is 57.8 Å². The Balaban J connectivity index is 2.21. The Kier molecular flexibility index (Phi) is 24.2. The number of carbonyl (C=O) groups is 1. The summed E-state index contributed by atoms with van der Waals surface area (Å²) in [4.78, 5) is 12.2. The molecule has 1 rings (SSSR count). The van der Waals surface area contributed by atoms with Crippen LogP contribution in [0.3, 0.4) is 0 Å². The van der Waals surface area contributed by atoms with E-state index < -0.39 is 43.4 Å². The molecule has 1 fully saturated rings. The minimum Gasteiger partial charge on any atom is -0.457 e. The molecule has 0 amide bonds. The lowest BCUT2D eigenvalue weighted by atomic mass is 9.99. The Morgan fingerprint density at radius 2 is 1.40 bits per heavy atom. The SMILES string of the molecule is CC/C=C\C/C=C\C/C=C\C/C=C\CCCCCCCOCC(COC1OC(CO)C(O)C(O)C1O)OC(=O)CCCC. The molecule has 1 aliphatic rings. The third-order valence-corrected chi connectivity index (χ3v) is 7.01. The van der Waals surface area contributed by atoms with Crippen molar-refractivity contribution in [3.8, 4) is 0 Å². The smallest absolute Gasteiger partial charge is 0.306 e. The van der Waals surface area contributed by atoms with Gasteiger partial charge in [-0.25, -0.2) is 0 Å². The van der Waals surface area contributed by atoms with Crippen LogP contribution in [-0.4, -0.2) is 89.6 Å². The van der Waals surface area contributed by atoms with Gasteiger partial charge in [-0.2, -0.15) is 0 Å². The fraction of sp³-hybridized carbons (Fsp3) is 0.735. The van der Waals surface area contributed by atoms with Crippen LogP contribution in [0.15, 0.2) is 48.6 Å². The van der Waals surface area contributed by atoms with Gasteiger partial charge in [0.05, 0.1) is 19.8 Å². The minimum atomic E-state index is -1.54. The second-order valence-electron chi connectivity index (χ2n) is 10.9. The molecule has 0 bridgehead atoms. The number of carbonyl (C=O) groups excluding carboxylic acids is 1. The maximum atomic E-state index is 12.2. The predicted molar refractivity (Wildman–Crippen MR) is 168 cm³/mol. The summed E-state index contributed by atoms with van der Waals surface area (Å²) < 4.78 is 22.2. The van der Waals surface area contributed by atoms with Gasteiger partial charge in [-0.15, -0.1) is 0 Å². The fourth-order valence-electron chi connectivity index (χ4n) is 4.40. The van der Waals surface area contributed by atoms with Crippen LogP contribution in [0.1, 0.15) is 97.3 Å². The molecule has 6 atom stereocenters. The molecule has 0 aromatic carbocycles. The minimum absolute atomic E-state index is 0.126. The van der Waals surface area contributed by atoms with Crippen LogP contribution in [0.2, 0.25) is 0 Å². The summed E-state index contributed by atoms with van der Waals surface area (Å²) in [6, 6.07) is 0. The van der Waals surface area contributed by atoms with E-state index in [4.69, 9.17) is 18.9 Å². The van der Waals surface area contributed by atoms with E-state index in [1.807, 2.05) is 6.92 Å². The molecule has 0 radical (unpaired) electrons. The van der Waals surface area contributed by atoms with Crippen LogP contribution in [-0.2, 0) is 23.7 Å². The number of allylic oxidation sites excluding steroid dienone is 8. The molecule has 0 spiro atoms. The van der Waals surface area contributed by atoms with Crippen LogP contribution in [0, 0.1) is 0 Å². The molecule has 6 unspecified atom stereocenters. The largest absolute Gasteiger partial charge is 0.457 e. The summed E-state index contributed by atoms with van der Waals surface area (Å²) in [5, 5.41) is 39.5. The summed E-state index contributed by atoms with van der Waals surface area (Å²) in [5.41, 5.74) is 0. The van der Waals surface area contributed by atoms with Gasteiger partial charge < -0.3 is 39.4 Å². The van der Waals surface area contributed by atoms with Crippen molar-refractivity contribution in [3.63, 3.8) is 0 Å². The molecular weight excluding hydrogens is 552 g/mol. The highest BCUT2D eigenvalue weighted by molar-refractivity contribution is 5.69. The number of ether oxygens (including phenoxy) is 4. The highest BCUT2D eigenvalue weighted by atomic mass is 16.7. The number of aliphatic hydroxyl groups excluding tert-OH is 4.